The van der Waals surface area contributed by atoms with Crippen molar-refractivity contribution in [3.05, 3.63) is 59.7 Å². The molecular weight excluding hydrogens is 742 g/mol. The monoisotopic (exact) mass is 797 g/mol. The predicted molar refractivity (Wildman–Crippen MR) is 209 cm³/mol. The largest absolute Gasteiger partial charge is 0.497 e. The molecule has 0 radical (unpaired) electrons. The highest BCUT2D eigenvalue weighted by Gasteiger charge is 2.41. The predicted octanol–water partition coefficient (Wildman–Crippen LogP) is 2.75. The molecule has 1 aliphatic rings. The van der Waals surface area contributed by atoms with E-state index >= 15 is 0 Å². The van der Waals surface area contributed by atoms with E-state index in [1.54, 1.807) is 77.9 Å². The summed E-state index contributed by atoms with van der Waals surface area (Å²) in [5, 5.41) is 6.70. The Morgan fingerprint density at radius 3 is 2.14 bits per heavy atom. The van der Waals surface area contributed by atoms with Gasteiger partial charge in [0.15, 0.2) is 0 Å². The second kappa shape index (κ2) is 21.0. The number of alkyl carbamates (subject to hydrolysis) is 1. The second-order valence-electron chi connectivity index (χ2n) is 14.9. The molecule has 2 aromatic carbocycles. The minimum absolute atomic E-state index is 0.0461. The topological polar surface area (TPSA) is 207 Å². The van der Waals surface area contributed by atoms with Gasteiger partial charge in [0.2, 0.25) is 18.2 Å². The fraction of sp³-hybridized carbons (Fsp3) is 0.513. The summed E-state index contributed by atoms with van der Waals surface area (Å²) in [6, 6.07) is 10.9. The first kappa shape index (κ1) is 45.6. The van der Waals surface area contributed by atoms with Crippen LogP contribution in [0.15, 0.2) is 53.5 Å². The van der Waals surface area contributed by atoms with E-state index in [1.807, 2.05) is 0 Å². The van der Waals surface area contributed by atoms with Gasteiger partial charge in [-0.2, -0.15) is 10.1 Å². The molecule has 0 saturated carbocycles. The molecule has 312 valence electrons. The van der Waals surface area contributed by atoms with E-state index in [4.69, 9.17) is 23.9 Å². The zero-order chi connectivity index (χ0) is 42.3. The highest BCUT2D eigenvalue weighted by atomic mass is 16.7. The van der Waals surface area contributed by atoms with Crippen LogP contribution in [0.4, 0.5) is 10.5 Å². The molecule has 3 N–H and O–H groups in total. The molecule has 18 nitrogen and oxygen atoms in total. The van der Waals surface area contributed by atoms with E-state index in [0.29, 0.717) is 29.8 Å². The smallest absolute Gasteiger partial charge is 0.407 e. The number of benzene rings is 2. The molecular formula is C39H55N7O11. The Morgan fingerprint density at radius 2 is 1.58 bits per heavy atom. The number of carbonyl (C=O) groups is 6. The van der Waals surface area contributed by atoms with Crippen LogP contribution in [-0.4, -0.2) is 123 Å². The number of piperazine rings is 1. The van der Waals surface area contributed by atoms with Crippen molar-refractivity contribution in [2.24, 2.45) is 4.99 Å². The summed E-state index contributed by atoms with van der Waals surface area (Å²) in [6.07, 6.45) is 0.175. The van der Waals surface area contributed by atoms with Crippen LogP contribution in [0.3, 0.4) is 0 Å². The molecule has 1 heterocycles. The van der Waals surface area contributed by atoms with Crippen molar-refractivity contribution in [1.82, 2.24) is 25.9 Å². The number of nitrogens with zero attached hydrogens (tertiary/aromatic N) is 4. The van der Waals surface area contributed by atoms with Gasteiger partial charge in [0.25, 0.3) is 11.9 Å². The summed E-state index contributed by atoms with van der Waals surface area (Å²) in [4.78, 5) is 95.3. The van der Waals surface area contributed by atoms with Crippen LogP contribution in [0.2, 0.25) is 0 Å². The maximum Gasteiger partial charge on any atom is 0.407 e. The molecule has 2 aromatic rings. The Bertz CT molecular complexity index is 1720. The number of carbonyl (C=O) groups excluding carboxylic acids is 6. The molecule has 0 bridgehead atoms. The van der Waals surface area contributed by atoms with E-state index in [2.05, 4.69) is 21.1 Å². The number of hydrogen-bond donors (Lipinski definition) is 3. The van der Waals surface area contributed by atoms with E-state index in [1.165, 1.54) is 43.3 Å². The number of rotatable bonds is 16. The highest BCUT2D eigenvalue weighted by molar-refractivity contribution is 6.00. The Kier molecular flexibility index (Phi) is 16.8. The molecule has 1 saturated heterocycles. The Hall–Kier alpha value is -5.75. The third-order valence-electron chi connectivity index (χ3n) is 8.24. The standard InChI is InChI=1S/C39H55N7O11/c1-38(2,3)56-32(48)24-44-21-22-45(31(35(44)51)11-10-20-40-37(52)57-39(4,5)6)34(50)30(23-26-12-18-29(53-7)19-13-26)42-33(49)27-14-16-28(17-15-27)46(55-9)36(41-25-47)43-54-8/h12-19,25,30-31H,10-11,20-24H2,1-9H3,(H,40,52)(H,42,49)(H,41,43,47)/t30?,31-/m0/s1. The number of methoxy groups -OCH3 is 1. The number of aliphatic imine (C=N–C) groups is 1. The summed E-state index contributed by atoms with van der Waals surface area (Å²) in [7, 11) is 4.21. The normalized spacial score (nSPS) is 15.3. The van der Waals surface area contributed by atoms with Gasteiger partial charge < -0.3 is 34.6 Å². The van der Waals surface area contributed by atoms with Crippen LogP contribution < -0.4 is 25.9 Å². The lowest BCUT2D eigenvalue weighted by Crippen LogP contribution is -2.63. The van der Waals surface area contributed by atoms with Crippen molar-refractivity contribution in [3.63, 3.8) is 0 Å². The van der Waals surface area contributed by atoms with Gasteiger partial charge in [0.1, 0.15) is 35.6 Å². The molecule has 2 atom stereocenters. The lowest BCUT2D eigenvalue weighted by Gasteiger charge is -2.42. The number of nitrogens with one attached hydrogen (secondary N) is 3. The van der Waals surface area contributed by atoms with Gasteiger partial charge in [0.05, 0.1) is 27.0 Å². The number of amides is 5. The minimum Gasteiger partial charge on any atom is -0.497 e. The SMILES string of the molecule is CONC(=NC=O)N(OC)c1ccc(C(=O)NC(Cc2ccc(OC)cc2)C(=O)N2CCN(CC(=O)OC(C)(C)C)C(=O)[C@@H]2CCCNC(=O)OC(C)(C)C)cc1. The number of guanidine groups is 1. The van der Waals surface area contributed by atoms with E-state index in [-0.39, 0.29) is 50.5 Å². The Labute approximate surface area is 333 Å². The highest BCUT2D eigenvalue weighted by Crippen LogP contribution is 2.22. The first-order valence-electron chi connectivity index (χ1n) is 18.4. The number of anilines is 1. The van der Waals surface area contributed by atoms with Gasteiger partial charge in [0, 0.05) is 31.6 Å². The first-order chi connectivity index (χ1) is 26.9. The molecule has 1 fully saturated rings. The fourth-order valence-corrected chi connectivity index (χ4v) is 5.83. The maximum absolute atomic E-state index is 14.6. The van der Waals surface area contributed by atoms with Crippen LogP contribution in [0.1, 0.15) is 70.3 Å². The molecule has 5 amide bonds. The van der Waals surface area contributed by atoms with E-state index in [0.717, 1.165) is 5.06 Å². The van der Waals surface area contributed by atoms with Gasteiger partial charge in [-0.1, -0.05) is 12.1 Å². The molecule has 0 aromatic heterocycles. The van der Waals surface area contributed by atoms with Gasteiger partial charge in [-0.05, 0) is 96.3 Å². The van der Waals surface area contributed by atoms with Gasteiger partial charge in [-0.3, -0.25) is 33.6 Å². The first-order valence-corrected chi connectivity index (χ1v) is 18.4. The summed E-state index contributed by atoms with van der Waals surface area (Å²) in [6.45, 7) is 10.4. The van der Waals surface area contributed by atoms with Crippen LogP contribution in [-0.2, 0) is 44.7 Å². The molecule has 57 heavy (non-hydrogen) atoms. The Balaban J connectivity index is 1.92. The van der Waals surface area contributed by atoms with Crippen molar-refractivity contribution in [2.75, 3.05) is 52.6 Å². The van der Waals surface area contributed by atoms with Crippen molar-refractivity contribution in [1.29, 1.82) is 0 Å². The number of hydroxylamine groups is 2. The van der Waals surface area contributed by atoms with Gasteiger partial charge in [-0.25, -0.2) is 10.3 Å². The van der Waals surface area contributed by atoms with Crippen molar-refractivity contribution in [3.8, 4) is 5.75 Å². The summed E-state index contributed by atoms with van der Waals surface area (Å²) < 4.78 is 16.1. The molecule has 3 rings (SSSR count). The fourth-order valence-electron chi connectivity index (χ4n) is 5.83. The average Bonchev–Trinajstić information content (AvgIpc) is 3.13. The number of esters is 1. The minimum atomic E-state index is -1.13. The van der Waals surface area contributed by atoms with Crippen molar-refractivity contribution >= 4 is 47.8 Å². The van der Waals surface area contributed by atoms with Gasteiger partial charge in [-0.15, -0.1) is 0 Å². The summed E-state index contributed by atoms with van der Waals surface area (Å²) in [5.41, 5.74) is 2.26. The zero-order valence-electron chi connectivity index (χ0n) is 34.1. The van der Waals surface area contributed by atoms with Crippen LogP contribution in [0, 0.1) is 0 Å². The summed E-state index contributed by atoms with van der Waals surface area (Å²) >= 11 is 0. The quantitative estimate of drug-likeness (QED) is 0.0559. The van der Waals surface area contributed by atoms with E-state index in [9.17, 15) is 28.8 Å². The van der Waals surface area contributed by atoms with Crippen LogP contribution in [0.25, 0.3) is 0 Å². The van der Waals surface area contributed by atoms with Crippen LogP contribution >= 0.6 is 0 Å². The second-order valence-corrected chi connectivity index (χ2v) is 14.9. The molecule has 18 heteroatoms. The third-order valence-corrected chi connectivity index (χ3v) is 8.24. The van der Waals surface area contributed by atoms with Crippen LogP contribution in [0.5, 0.6) is 5.75 Å². The average molecular weight is 798 g/mol. The van der Waals surface area contributed by atoms with Crippen molar-refractivity contribution in [2.45, 2.75) is 84.1 Å². The number of ether oxygens (including phenoxy) is 3. The number of hydrogen-bond acceptors (Lipinski definition) is 11. The molecule has 0 aliphatic carbocycles. The molecule has 1 aliphatic heterocycles. The van der Waals surface area contributed by atoms with Crippen molar-refractivity contribution < 1.29 is 52.7 Å². The lowest BCUT2D eigenvalue weighted by atomic mass is 9.99. The Morgan fingerprint density at radius 1 is 0.930 bits per heavy atom. The van der Waals surface area contributed by atoms with E-state index < -0.39 is 53.1 Å². The van der Waals surface area contributed by atoms with Gasteiger partial charge >= 0.3 is 12.1 Å². The summed E-state index contributed by atoms with van der Waals surface area (Å²) in [5.74, 6) is -1.63. The third kappa shape index (κ3) is 14.4. The molecule has 1 unspecified atom stereocenters. The zero-order valence-corrected chi connectivity index (χ0v) is 34.1. The lowest BCUT2D eigenvalue weighted by molar-refractivity contribution is -0.163. The maximum atomic E-state index is 14.6. The molecule has 0 spiro atoms.